The fourth-order valence-corrected chi connectivity index (χ4v) is 3.25. The van der Waals surface area contributed by atoms with E-state index in [0.717, 1.165) is 15.1 Å². The number of thioether (sulfide) groups is 1. The van der Waals surface area contributed by atoms with Crippen molar-refractivity contribution < 1.29 is 9.90 Å². The van der Waals surface area contributed by atoms with Crippen LogP contribution >= 0.6 is 27.7 Å². The molecule has 0 aliphatic carbocycles. The second kappa shape index (κ2) is 4.06. The van der Waals surface area contributed by atoms with Crippen LogP contribution in [0, 0.1) is 0 Å². The molecule has 1 heterocycles. The molecule has 1 aromatic rings. The molecule has 0 saturated carbocycles. The van der Waals surface area contributed by atoms with Crippen LogP contribution in [-0.4, -0.2) is 22.4 Å². The number of hydrogen-bond acceptors (Lipinski definition) is 3. The zero-order valence-corrected chi connectivity index (χ0v) is 10.4. The molecular formula is C10H10BrNO2S. The van der Waals surface area contributed by atoms with Crippen LogP contribution in [0.2, 0.25) is 0 Å². The number of anilines is 1. The second-order valence-electron chi connectivity index (χ2n) is 3.42. The third-order valence-corrected chi connectivity index (χ3v) is 4.42. The Morgan fingerprint density at radius 1 is 1.60 bits per heavy atom. The predicted molar refractivity (Wildman–Crippen MR) is 64.5 cm³/mol. The van der Waals surface area contributed by atoms with E-state index < -0.39 is 11.2 Å². The van der Waals surface area contributed by atoms with E-state index in [2.05, 4.69) is 21.2 Å². The number of carboxylic acid groups (broad SMARTS) is 1. The Morgan fingerprint density at radius 3 is 3.00 bits per heavy atom. The standard InChI is InChI=1S/C10H10BrNO2S/c1-5-9(10(13)14)15-7-4-2-3-6(11)8(7)12-5/h2-5,9,12H,1H3,(H,13,14). The minimum Gasteiger partial charge on any atom is -0.480 e. The first-order valence-corrected chi connectivity index (χ1v) is 6.21. The smallest absolute Gasteiger partial charge is 0.319 e. The largest absolute Gasteiger partial charge is 0.480 e. The van der Waals surface area contributed by atoms with E-state index in [1.165, 1.54) is 11.8 Å². The number of nitrogens with one attached hydrogen (secondary N) is 1. The zero-order chi connectivity index (χ0) is 11.0. The van der Waals surface area contributed by atoms with Gasteiger partial charge in [0, 0.05) is 15.4 Å². The normalized spacial score (nSPS) is 24.1. The number of benzene rings is 1. The highest BCUT2D eigenvalue weighted by Crippen LogP contribution is 2.41. The van der Waals surface area contributed by atoms with Crippen LogP contribution in [0.5, 0.6) is 0 Å². The second-order valence-corrected chi connectivity index (χ2v) is 5.46. The van der Waals surface area contributed by atoms with E-state index in [4.69, 9.17) is 5.11 Å². The van der Waals surface area contributed by atoms with E-state index in [9.17, 15) is 4.79 Å². The summed E-state index contributed by atoms with van der Waals surface area (Å²) in [7, 11) is 0. The average molecular weight is 288 g/mol. The Morgan fingerprint density at radius 2 is 2.33 bits per heavy atom. The van der Waals surface area contributed by atoms with E-state index >= 15 is 0 Å². The number of hydrogen-bond donors (Lipinski definition) is 2. The van der Waals surface area contributed by atoms with Gasteiger partial charge in [-0.2, -0.15) is 0 Å². The summed E-state index contributed by atoms with van der Waals surface area (Å²) < 4.78 is 0.975. The molecule has 15 heavy (non-hydrogen) atoms. The Kier molecular flexibility index (Phi) is 2.93. The summed E-state index contributed by atoms with van der Waals surface area (Å²) in [5.74, 6) is -0.773. The maximum absolute atomic E-state index is 11.0. The molecule has 0 radical (unpaired) electrons. The number of rotatable bonds is 1. The minimum atomic E-state index is -0.773. The van der Waals surface area contributed by atoms with E-state index in [1.54, 1.807) is 0 Å². The lowest BCUT2D eigenvalue weighted by Crippen LogP contribution is -2.37. The summed E-state index contributed by atoms with van der Waals surface area (Å²) in [6.07, 6.45) is 0. The number of carboxylic acids is 1. The molecule has 2 N–H and O–H groups in total. The Hall–Kier alpha value is -0.680. The highest BCUT2D eigenvalue weighted by atomic mass is 79.9. The van der Waals surface area contributed by atoms with Gasteiger partial charge >= 0.3 is 5.97 Å². The van der Waals surface area contributed by atoms with Crippen molar-refractivity contribution in [1.29, 1.82) is 0 Å². The third-order valence-electron chi connectivity index (χ3n) is 2.30. The van der Waals surface area contributed by atoms with Gasteiger partial charge < -0.3 is 10.4 Å². The van der Waals surface area contributed by atoms with Crippen molar-refractivity contribution >= 4 is 39.3 Å². The van der Waals surface area contributed by atoms with Crippen molar-refractivity contribution in [1.82, 2.24) is 0 Å². The summed E-state index contributed by atoms with van der Waals surface area (Å²) in [5, 5.41) is 11.8. The molecule has 0 saturated heterocycles. The first-order valence-electron chi connectivity index (χ1n) is 4.54. The molecule has 2 unspecified atom stereocenters. The minimum absolute atomic E-state index is 0.0706. The Bertz CT molecular complexity index is 410. The van der Waals surface area contributed by atoms with Crippen molar-refractivity contribution in [2.75, 3.05) is 5.32 Å². The maximum atomic E-state index is 11.0. The predicted octanol–water partition coefficient (Wildman–Crippen LogP) is 2.81. The van der Waals surface area contributed by atoms with Crippen molar-refractivity contribution in [3.05, 3.63) is 22.7 Å². The van der Waals surface area contributed by atoms with Crippen molar-refractivity contribution in [2.24, 2.45) is 0 Å². The van der Waals surface area contributed by atoms with E-state index in [1.807, 2.05) is 25.1 Å². The number of para-hydroxylation sites is 1. The van der Waals surface area contributed by atoms with Crippen LogP contribution < -0.4 is 5.32 Å². The monoisotopic (exact) mass is 287 g/mol. The molecule has 0 bridgehead atoms. The summed E-state index contributed by atoms with van der Waals surface area (Å²) in [6, 6.07) is 5.71. The van der Waals surface area contributed by atoms with Crippen LogP contribution in [0.4, 0.5) is 5.69 Å². The highest BCUT2D eigenvalue weighted by Gasteiger charge is 2.31. The molecule has 0 fully saturated rings. The van der Waals surface area contributed by atoms with Crippen LogP contribution in [0.1, 0.15) is 6.92 Å². The quantitative estimate of drug-likeness (QED) is 0.834. The number of halogens is 1. The Balaban J connectivity index is 2.38. The lowest BCUT2D eigenvalue weighted by molar-refractivity contribution is -0.136. The number of aliphatic carboxylic acids is 1. The molecule has 1 aliphatic rings. The molecule has 1 aromatic carbocycles. The van der Waals surface area contributed by atoms with Crippen LogP contribution in [0.25, 0.3) is 0 Å². The molecule has 80 valence electrons. The lowest BCUT2D eigenvalue weighted by Gasteiger charge is -2.29. The van der Waals surface area contributed by atoms with E-state index in [-0.39, 0.29) is 6.04 Å². The van der Waals surface area contributed by atoms with Crippen molar-refractivity contribution in [3.8, 4) is 0 Å². The van der Waals surface area contributed by atoms with Gasteiger partial charge in [-0.3, -0.25) is 4.79 Å². The molecule has 2 atom stereocenters. The average Bonchev–Trinajstić information content (AvgIpc) is 2.18. The zero-order valence-electron chi connectivity index (χ0n) is 8.03. The molecular weight excluding hydrogens is 278 g/mol. The molecule has 0 aromatic heterocycles. The van der Waals surface area contributed by atoms with Gasteiger partial charge in [-0.05, 0) is 35.0 Å². The summed E-state index contributed by atoms with van der Waals surface area (Å²) in [6.45, 7) is 1.88. The maximum Gasteiger partial charge on any atom is 0.319 e. The third kappa shape index (κ3) is 1.99. The molecule has 5 heteroatoms. The molecule has 1 aliphatic heterocycles. The summed E-state index contributed by atoms with van der Waals surface area (Å²) >= 11 is 4.84. The van der Waals surface area contributed by atoms with Crippen LogP contribution in [-0.2, 0) is 4.79 Å². The highest BCUT2D eigenvalue weighted by molar-refractivity contribution is 9.10. The van der Waals surface area contributed by atoms with Gasteiger partial charge in [-0.15, -0.1) is 11.8 Å². The van der Waals surface area contributed by atoms with Crippen LogP contribution in [0.3, 0.4) is 0 Å². The van der Waals surface area contributed by atoms with Gasteiger partial charge in [0.2, 0.25) is 0 Å². The summed E-state index contributed by atoms with van der Waals surface area (Å²) in [5.41, 5.74) is 0.993. The lowest BCUT2D eigenvalue weighted by atomic mass is 10.2. The molecule has 3 nitrogen and oxygen atoms in total. The fourth-order valence-electron chi connectivity index (χ4n) is 1.55. The first kappa shape index (κ1) is 10.8. The van der Waals surface area contributed by atoms with Crippen molar-refractivity contribution in [3.63, 3.8) is 0 Å². The van der Waals surface area contributed by atoms with Gasteiger partial charge in [0.25, 0.3) is 0 Å². The molecule has 2 rings (SSSR count). The Labute approximate surface area is 100 Å². The van der Waals surface area contributed by atoms with Gasteiger partial charge in [-0.1, -0.05) is 6.07 Å². The fraction of sp³-hybridized carbons (Fsp3) is 0.300. The summed E-state index contributed by atoms with van der Waals surface area (Å²) in [4.78, 5) is 12.0. The topological polar surface area (TPSA) is 49.3 Å². The number of carbonyl (C=O) groups is 1. The first-order chi connectivity index (χ1) is 7.09. The van der Waals surface area contributed by atoms with Gasteiger partial charge in [0.1, 0.15) is 5.25 Å². The SMILES string of the molecule is CC1Nc2c(Br)cccc2SC1C(=O)O. The van der Waals surface area contributed by atoms with Crippen molar-refractivity contribution in [2.45, 2.75) is 23.1 Å². The molecule has 0 amide bonds. The van der Waals surface area contributed by atoms with Crippen LogP contribution in [0.15, 0.2) is 27.6 Å². The van der Waals surface area contributed by atoms with Gasteiger partial charge in [0.15, 0.2) is 0 Å². The van der Waals surface area contributed by atoms with Gasteiger partial charge in [-0.25, -0.2) is 0 Å². The van der Waals surface area contributed by atoms with Gasteiger partial charge in [0.05, 0.1) is 5.69 Å². The number of fused-ring (bicyclic) bond motifs is 1. The van der Waals surface area contributed by atoms with E-state index in [0.29, 0.717) is 0 Å². The molecule has 0 spiro atoms.